The van der Waals surface area contributed by atoms with Gasteiger partial charge in [0.15, 0.2) is 0 Å². The maximum atomic E-state index is 12.0. The predicted molar refractivity (Wildman–Crippen MR) is 69.4 cm³/mol. The van der Waals surface area contributed by atoms with Crippen LogP contribution in [0.4, 0.5) is 10.5 Å². The Hall–Kier alpha value is -2.04. The van der Waals surface area contributed by atoms with E-state index in [1.54, 1.807) is 4.90 Å². The second-order valence-corrected chi connectivity index (χ2v) is 4.38. The van der Waals surface area contributed by atoms with Crippen LogP contribution >= 0.6 is 0 Å². The molecule has 2 N–H and O–H groups in total. The Labute approximate surface area is 106 Å². The second kappa shape index (κ2) is 5.53. The van der Waals surface area contributed by atoms with Crippen molar-refractivity contribution >= 4 is 17.6 Å². The molecule has 1 aromatic carbocycles. The normalized spacial score (nSPS) is 15.8. The van der Waals surface area contributed by atoms with Crippen molar-refractivity contribution in [2.24, 2.45) is 0 Å². The highest BCUT2D eigenvalue weighted by atomic mass is 16.2. The average molecular weight is 247 g/mol. The Morgan fingerprint density at radius 3 is 2.72 bits per heavy atom. The lowest BCUT2D eigenvalue weighted by Crippen LogP contribution is -2.37. The minimum Gasteiger partial charge on any atom is -0.354 e. The molecule has 0 saturated carbocycles. The van der Waals surface area contributed by atoms with E-state index in [0.717, 1.165) is 11.3 Å². The highest BCUT2D eigenvalue weighted by Crippen LogP contribution is 2.10. The Morgan fingerprint density at radius 1 is 1.28 bits per heavy atom. The molecular weight excluding hydrogens is 230 g/mol. The molecule has 0 atom stereocenters. The summed E-state index contributed by atoms with van der Waals surface area (Å²) in [4.78, 5) is 24.8. The zero-order valence-electron chi connectivity index (χ0n) is 10.4. The van der Waals surface area contributed by atoms with Gasteiger partial charge in [0.05, 0.1) is 0 Å². The fraction of sp³-hybridized carbons (Fsp3) is 0.385. The number of hydrogen-bond acceptors (Lipinski definition) is 2. The number of nitrogens with zero attached hydrogens (tertiary/aromatic N) is 1. The first kappa shape index (κ1) is 12.4. The molecule has 1 aliphatic rings. The van der Waals surface area contributed by atoms with Gasteiger partial charge in [0.1, 0.15) is 0 Å². The maximum absolute atomic E-state index is 12.0. The largest absolute Gasteiger partial charge is 0.354 e. The summed E-state index contributed by atoms with van der Waals surface area (Å²) < 4.78 is 0. The molecule has 1 aliphatic heterocycles. The Morgan fingerprint density at radius 2 is 2.00 bits per heavy atom. The first-order valence-corrected chi connectivity index (χ1v) is 6.04. The highest BCUT2D eigenvalue weighted by molar-refractivity contribution is 5.90. The molecule has 2 rings (SSSR count). The summed E-state index contributed by atoms with van der Waals surface area (Å²) in [5, 5.41) is 5.57. The Kier molecular flexibility index (Phi) is 3.82. The van der Waals surface area contributed by atoms with Crippen molar-refractivity contribution in [2.75, 3.05) is 25.0 Å². The lowest BCUT2D eigenvalue weighted by Gasteiger charge is -2.20. The van der Waals surface area contributed by atoms with Gasteiger partial charge in [-0.3, -0.25) is 4.79 Å². The van der Waals surface area contributed by atoms with Crippen LogP contribution in [-0.2, 0) is 4.79 Å². The van der Waals surface area contributed by atoms with E-state index >= 15 is 0 Å². The van der Waals surface area contributed by atoms with Gasteiger partial charge in [-0.05, 0) is 19.1 Å². The van der Waals surface area contributed by atoms with Gasteiger partial charge < -0.3 is 15.5 Å². The zero-order valence-corrected chi connectivity index (χ0v) is 10.4. The molecule has 0 unspecified atom stereocenters. The van der Waals surface area contributed by atoms with Gasteiger partial charge >= 0.3 is 6.03 Å². The van der Waals surface area contributed by atoms with E-state index in [-0.39, 0.29) is 11.9 Å². The van der Waals surface area contributed by atoms with Crippen LogP contribution in [0.3, 0.4) is 0 Å². The van der Waals surface area contributed by atoms with E-state index in [1.807, 2.05) is 31.2 Å². The molecule has 1 aromatic rings. The smallest absolute Gasteiger partial charge is 0.321 e. The van der Waals surface area contributed by atoms with Gasteiger partial charge in [0.2, 0.25) is 5.91 Å². The number of rotatable bonds is 1. The number of carbonyl (C=O) groups excluding carboxylic acids is 2. The minimum absolute atomic E-state index is 0.000589. The van der Waals surface area contributed by atoms with E-state index in [4.69, 9.17) is 0 Å². The van der Waals surface area contributed by atoms with Crippen LogP contribution in [0.15, 0.2) is 24.3 Å². The van der Waals surface area contributed by atoms with Crippen molar-refractivity contribution in [1.82, 2.24) is 10.2 Å². The standard InChI is InChI=1S/C13H17N3O2/c1-10-2-4-11(5-3-10)15-13(18)16-8-6-12(17)14-7-9-16/h2-5H,6-9H2,1H3,(H,14,17)(H,15,18). The SMILES string of the molecule is Cc1ccc(NC(=O)N2CCNC(=O)CC2)cc1. The first-order chi connectivity index (χ1) is 8.65. The van der Waals surface area contributed by atoms with Crippen molar-refractivity contribution in [3.63, 3.8) is 0 Å². The van der Waals surface area contributed by atoms with Crippen molar-refractivity contribution < 1.29 is 9.59 Å². The molecule has 5 heteroatoms. The molecule has 18 heavy (non-hydrogen) atoms. The number of anilines is 1. The molecule has 1 fully saturated rings. The number of aryl methyl sites for hydroxylation is 1. The topological polar surface area (TPSA) is 61.4 Å². The van der Waals surface area contributed by atoms with Crippen LogP contribution in [0, 0.1) is 6.92 Å². The summed E-state index contributed by atoms with van der Waals surface area (Å²) in [7, 11) is 0. The molecular formula is C13H17N3O2. The highest BCUT2D eigenvalue weighted by Gasteiger charge is 2.18. The summed E-state index contributed by atoms with van der Waals surface area (Å²) in [6.07, 6.45) is 0.362. The van der Waals surface area contributed by atoms with E-state index in [9.17, 15) is 9.59 Å². The van der Waals surface area contributed by atoms with Crippen LogP contribution < -0.4 is 10.6 Å². The van der Waals surface area contributed by atoms with Crippen LogP contribution in [-0.4, -0.2) is 36.5 Å². The molecule has 0 aliphatic carbocycles. The van der Waals surface area contributed by atoms with Gasteiger partial charge in [-0.15, -0.1) is 0 Å². The summed E-state index contributed by atoms with van der Waals surface area (Å²) in [5.41, 5.74) is 1.92. The lowest BCUT2D eigenvalue weighted by atomic mass is 10.2. The number of benzene rings is 1. The number of hydrogen-bond donors (Lipinski definition) is 2. The third-order valence-electron chi connectivity index (χ3n) is 2.90. The van der Waals surface area contributed by atoms with Crippen LogP contribution in [0.25, 0.3) is 0 Å². The molecule has 96 valence electrons. The first-order valence-electron chi connectivity index (χ1n) is 6.04. The molecule has 3 amide bonds. The summed E-state index contributed by atoms with van der Waals surface area (Å²) in [6.45, 7) is 3.52. The number of nitrogens with one attached hydrogen (secondary N) is 2. The molecule has 5 nitrogen and oxygen atoms in total. The van der Waals surface area contributed by atoms with Gasteiger partial charge in [-0.25, -0.2) is 4.79 Å². The predicted octanol–water partition coefficient (Wildman–Crippen LogP) is 1.35. The van der Waals surface area contributed by atoms with Crippen LogP contribution in [0.2, 0.25) is 0 Å². The second-order valence-electron chi connectivity index (χ2n) is 4.38. The quantitative estimate of drug-likeness (QED) is 0.787. The monoisotopic (exact) mass is 247 g/mol. The van der Waals surface area contributed by atoms with E-state index < -0.39 is 0 Å². The van der Waals surface area contributed by atoms with Crippen molar-refractivity contribution in [2.45, 2.75) is 13.3 Å². The molecule has 0 bridgehead atoms. The summed E-state index contributed by atoms with van der Waals surface area (Å²) >= 11 is 0. The van der Waals surface area contributed by atoms with Crippen molar-refractivity contribution in [3.8, 4) is 0 Å². The van der Waals surface area contributed by atoms with Gasteiger partial charge in [0, 0.05) is 31.7 Å². The molecule has 1 heterocycles. The number of amides is 3. The number of carbonyl (C=O) groups is 2. The Balaban J connectivity index is 1.94. The third kappa shape index (κ3) is 3.23. The lowest BCUT2D eigenvalue weighted by molar-refractivity contribution is -0.120. The van der Waals surface area contributed by atoms with E-state index in [2.05, 4.69) is 10.6 Å². The minimum atomic E-state index is -0.157. The van der Waals surface area contributed by atoms with Crippen LogP contribution in [0.1, 0.15) is 12.0 Å². The Bertz CT molecular complexity index is 442. The van der Waals surface area contributed by atoms with Crippen molar-refractivity contribution in [1.29, 1.82) is 0 Å². The maximum Gasteiger partial charge on any atom is 0.321 e. The fourth-order valence-electron chi connectivity index (χ4n) is 1.81. The zero-order chi connectivity index (χ0) is 13.0. The molecule has 0 spiro atoms. The third-order valence-corrected chi connectivity index (χ3v) is 2.90. The van der Waals surface area contributed by atoms with E-state index in [1.165, 1.54) is 0 Å². The fourth-order valence-corrected chi connectivity index (χ4v) is 1.81. The van der Waals surface area contributed by atoms with Gasteiger partial charge in [0.25, 0.3) is 0 Å². The van der Waals surface area contributed by atoms with Crippen molar-refractivity contribution in [3.05, 3.63) is 29.8 Å². The molecule has 0 aromatic heterocycles. The van der Waals surface area contributed by atoms with Gasteiger partial charge in [-0.2, -0.15) is 0 Å². The molecule has 1 saturated heterocycles. The van der Waals surface area contributed by atoms with E-state index in [0.29, 0.717) is 26.1 Å². The summed E-state index contributed by atoms with van der Waals surface area (Å²) in [6, 6.07) is 7.48. The van der Waals surface area contributed by atoms with Crippen LogP contribution in [0.5, 0.6) is 0 Å². The van der Waals surface area contributed by atoms with Gasteiger partial charge in [-0.1, -0.05) is 17.7 Å². The average Bonchev–Trinajstić information content (AvgIpc) is 2.57. The molecule has 0 radical (unpaired) electrons. The number of urea groups is 1. The summed E-state index contributed by atoms with van der Waals surface area (Å²) in [5.74, 6) is 0.000589.